The minimum Gasteiger partial charge on any atom is -0.484 e. The highest BCUT2D eigenvalue weighted by atomic mass is 35.5. The van der Waals surface area contributed by atoms with E-state index >= 15 is 0 Å². The molecule has 5 nitrogen and oxygen atoms in total. The van der Waals surface area contributed by atoms with Gasteiger partial charge in [0.1, 0.15) is 5.75 Å². The number of nitrogens with zero attached hydrogens (tertiary/aromatic N) is 1. The van der Waals surface area contributed by atoms with Crippen LogP contribution in [0.5, 0.6) is 5.75 Å². The first kappa shape index (κ1) is 19.7. The van der Waals surface area contributed by atoms with Gasteiger partial charge in [0, 0.05) is 17.6 Å². The summed E-state index contributed by atoms with van der Waals surface area (Å²) in [7, 11) is -3.11. The molecule has 0 spiro atoms. The number of hydrogen-bond donors (Lipinski definition) is 0. The van der Waals surface area contributed by atoms with E-state index in [-0.39, 0.29) is 30.1 Å². The highest BCUT2D eigenvalue weighted by Gasteiger charge is 2.34. The molecule has 0 bridgehead atoms. The number of carbonyl (C=O) groups excluding carboxylic acids is 1. The quantitative estimate of drug-likeness (QED) is 0.737. The standard InChI is InChI=1S/C20H22ClNO4S/c1-15-5-2-3-8-19(15)26-13-20(23)22(18-9-10-27(24,25)14-18)12-16-6-4-7-17(21)11-16/h2-8,11,18H,9-10,12-14H2,1H3/t18-/m1/s1. The number of ether oxygens (including phenoxy) is 1. The van der Waals surface area contributed by atoms with Crippen molar-refractivity contribution in [2.24, 2.45) is 0 Å². The van der Waals surface area contributed by atoms with Gasteiger partial charge in [0.15, 0.2) is 16.4 Å². The minimum absolute atomic E-state index is 0.0102. The van der Waals surface area contributed by atoms with Crippen molar-refractivity contribution in [2.45, 2.75) is 25.9 Å². The Morgan fingerprint density at radius 3 is 2.67 bits per heavy atom. The fourth-order valence-electron chi connectivity index (χ4n) is 3.21. The Kier molecular flexibility index (Phi) is 6.07. The van der Waals surface area contributed by atoms with Gasteiger partial charge >= 0.3 is 0 Å². The van der Waals surface area contributed by atoms with E-state index < -0.39 is 9.84 Å². The molecule has 3 rings (SSSR count). The summed E-state index contributed by atoms with van der Waals surface area (Å²) in [5, 5.41) is 0.579. The van der Waals surface area contributed by atoms with Gasteiger partial charge in [0.05, 0.1) is 11.5 Å². The summed E-state index contributed by atoms with van der Waals surface area (Å²) in [6, 6.07) is 14.4. The van der Waals surface area contributed by atoms with Crippen molar-refractivity contribution in [1.82, 2.24) is 4.90 Å². The van der Waals surface area contributed by atoms with Crippen LogP contribution in [-0.2, 0) is 21.2 Å². The lowest BCUT2D eigenvalue weighted by molar-refractivity contribution is -0.136. The predicted octanol–water partition coefficient (Wildman–Crippen LogP) is 3.24. The Balaban J connectivity index is 1.76. The molecule has 1 atom stereocenters. The Bertz CT molecular complexity index is 929. The van der Waals surface area contributed by atoms with Crippen LogP contribution in [0.15, 0.2) is 48.5 Å². The molecule has 1 fully saturated rings. The molecule has 7 heteroatoms. The Hall–Kier alpha value is -2.05. The van der Waals surface area contributed by atoms with Crippen LogP contribution in [0, 0.1) is 6.92 Å². The second-order valence-electron chi connectivity index (χ2n) is 6.76. The fraction of sp³-hybridized carbons (Fsp3) is 0.350. The molecule has 2 aromatic carbocycles. The highest BCUT2D eigenvalue weighted by molar-refractivity contribution is 7.91. The molecule has 0 unspecified atom stereocenters. The molecular formula is C20H22ClNO4S. The zero-order valence-corrected chi connectivity index (χ0v) is 16.7. The summed E-state index contributed by atoms with van der Waals surface area (Å²) in [5.74, 6) is 0.507. The Labute approximate surface area is 164 Å². The van der Waals surface area contributed by atoms with Gasteiger partial charge in [-0.05, 0) is 42.7 Å². The van der Waals surface area contributed by atoms with Crippen molar-refractivity contribution in [3.8, 4) is 5.75 Å². The van der Waals surface area contributed by atoms with Crippen molar-refractivity contribution in [1.29, 1.82) is 0 Å². The fourth-order valence-corrected chi connectivity index (χ4v) is 5.16. The van der Waals surface area contributed by atoms with E-state index in [2.05, 4.69) is 0 Å². The number of carbonyl (C=O) groups is 1. The summed E-state index contributed by atoms with van der Waals surface area (Å²) >= 11 is 6.05. The number of sulfone groups is 1. The van der Waals surface area contributed by atoms with E-state index in [1.165, 1.54) is 0 Å². The third kappa shape index (κ3) is 5.23. The van der Waals surface area contributed by atoms with Crippen LogP contribution < -0.4 is 4.74 Å². The first-order valence-electron chi connectivity index (χ1n) is 8.77. The lowest BCUT2D eigenvalue weighted by atomic mass is 10.1. The number of rotatable bonds is 6. The molecule has 0 aliphatic carbocycles. The van der Waals surface area contributed by atoms with Gasteiger partial charge in [0.2, 0.25) is 0 Å². The second kappa shape index (κ2) is 8.31. The SMILES string of the molecule is Cc1ccccc1OCC(=O)N(Cc1cccc(Cl)c1)[C@@H]1CCS(=O)(=O)C1. The van der Waals surface area contributed by atoms with Crippen LogP contribution in [0.1, 0.15) is 17.5 Å². The monoisotopic (exact) mass is 407 g/mol. The molecule has 0 radical (unpaired) electrons. The lowest BCUT2D eigenvalue weighted by Crippen LogP contribution is -2.43. The summed E-state index contributed by atoms with van der Waals surface area (Å²) in [6.45, 7) is 2.08. The molecule has 0 saturated carbocycles. The molecular weight excluding hydrogens is 386 g/mol. The summed E-state index contributed by atoms with van der Waals surface area (Å²) in [5.41, 5.74) is 1.80. The van der Waals surface area contributed by atoms with Gasteiger partial charge < -0.3 is 9.64 Å². The third-order valence-corrected chi connectivity index (χ3v) is 6.64. The normalized spacial score (nSPS) is 18.2. The molecule has 1 aliphatic rings. The molecule has 144 valence electrons. The van der Waals surface area contributed by atoms with E-state index in [1.807, 2.05) is 43.3 Å². The maximum atomic E-state index is 12.9. The minimum atomic E-state index is -3.11. The van der Waals surface area contributed by atoms with Crippen LogP contribution >= 0.6 is 11.6 Å². The van der Waals surface area contributed by atoms with Crippen LogP contribution in [-0.4, -0.2) is 43.4 Å². The first-order valence-corrected chi connectivity index (χ1v) is 11.0. The zero-order valence-electron chi connectivity index (χ0n) is 15.1. The smallest absolute Gasteiger partial charge is 0.261 e. The number of aryl methyl sites for hydroxylation is 1. The average molecular weight is 408 g/mol. The Morgan fingerprint density at radius 2 is 2.00 bits per heavy atom. The molecule has 2 aromatic rings. The van der Waals surface area contributed by atoms with Crippen molar-refractivity contribution < 1.29 is 17.9 Å². The molecule has 27 heavy (non-hydrogen) atoms. The molecule has 1 aliphatic heterocycles. The largest absolute Gasteiger partial charge is 0.484 e. The topological polar surface area (TPSA) is 63.7 Å². The molecule has 1 heterocycles. The Morgan fingerprint density at radius 1 is 1.22 bits per heavy atom. The summed E-state index contributed by atoms with van der Waals surface area (Å²) < 4.78 is 29.5. The van der Waals surface area contributed by atoms with Gasteiger partial charge in [-0.2, -0.15) is 0 Å². The van der Waals surface area contributed by atoms with Crippen molar-refractivity contribution in [3.63, 3.8) is 0 Å². The second-order valence-corrected chi connectivity index (χ2v) is 9.43. The van der Waals surface area contributed by atoms with Crippen molar-refractivity contribution in [2.75, 3.05) is 18.1 Å². The van der Waals surface area contributed by atoms with Gasteiger partial charge in [-0.15, -0.1) is 0 Å². The number of hydrogen-bond acceptors (Lipinski definition) is 4. The maximum Gasteiger partial charge on any atom is 0.261 e. The number of amides is 1. The van der Waals surface area contributed by atoms with E-state index in [0.717, 1.165) is 11.1 Å². The predicted molar refractivity (Wildman–Crippen MR) is 106 cm³/mol. The van der Waals surface area contributed by atoms with Gasteiger partial charge in [-0.1, -0.05) is 41.9 Å². The molecule has 1 saturated heterocycles. The number of halogens is 1. The van der Waals surface area contributed by atoms with Gasteiger partial charge in [-0.3, -0.25) is 4.79 Å². The maximum absolute atomic E-state index is 12.9. The van der Waals surface area contributed by atoms with Crippen LogP contribution in [0.2, 0.25) is 5.02 Å². The van der Waals surface area contributed by atoms with Crippen molar-refractivity contribution >= 4 is 27.3 Å². The molecule has 0 N–H and O–H groups in total. The third-order valence-electron chi connectivity index (χ3n) is 4.66. The molecule has 0 aromatic heterocycles. The lowest BCUT2D eigenvalue weighted by Gasteiger charge is -2.28. The van der Waals surface area contributed by atoms with Gasteiger partial charge in [0.25, 0.3) is 5.91 Å². The highest BCUT2D eigenvalue weighted by Crippen LogP contribution is 2.22. The van der Waals surface area contributed by atoms with Crippen LogP contribution in [0.25, 0.3) is 0 Å². The number of para-hydroxylation sites is 1. The van der Waals surface area contributed by atoms with Gasteiger partial charge in [-0.25, -0.2) is 8.42 Å². The summed E-state index contributed by atoms with van der Waals surface area (Å²) in [6.07, 6.45) is 0.443. The van der Waals surface area contributed by atoms with E-state index in [1.54, 1.807) is 17.0 Å². The van der Waals surface area contributed by atoms with Crippen LogP contribution in [0.3, 0.4) is 0 Å². The number of benzene rings is 2. The zero-order chi connectivity index (χ0) is 19.4. The van der Waals surface area contributed by atoms with E-state index in [9.17, 15) is 13.2 Å². The average Bonchev–Trinajstić information content (AvgIpc) is 2.98. The molecule has 1 amide bonds. The van der Waals surface area contributed by atoms with Crippen molar-refractivity contribution in [3.05, 3.63) is 64.7 Å². The summed E-state index contributed by atoms with van der Waals surface area (Å²) in [4.78, 5) is 14.5. The first-order chi connectivity index (χ1) is 12.8. The van der Waals surface area contributed by atoms with E-state index in [4.69, 9.17) is 16.3 Å². The van der Waals surface area contributed by atoms with E-state index in [0.29, 0.717) is 23.7 Å². The van der Waals surface area contributed by atoms with Crippen LogP contribution in [0.4, 0.5) is 0 Å².